The zero-order valence-corrected chi connectivity index (χ0v) is 18.0. The molecule has 0 unspecified atom stereocenters. The highest BCUT2D eigenvalue weighted by Gasteiger charge is 2.19. The molecular weight excluding hydrogens is 422 g/mol. The minimum Gasteiger partial charge on any atom is -0.462 e. The molecule has 5 nitrogen and oxygen atoms in total. The lowest BCUT2D eigenvalue weighted by Gasteiger charge is -2.10. The van der Waals surface area contributed by atoms with E-state index in [2.05, 4.69) is 0 Å². The van der Waals surface area contributed by atoms with Gasteiger partial charge in [0.2, 0.25) is 9.84 Å². The molecule has 3 rings (SSSR count). The van der Waals surface area contributed by atoms with Crippen LogP contribution in [0.25, 0.3) is 11.1 Å². The number of hydrogen-bond donors (Lipinski definition) is 1. The third-order valence-electron chi connectivity index (χ3n) is 4.60. The van der Waals surface area contributed by atoms with Crippen molar-refractivity contribution in [3.8, 4) is 11.1 Å². The number of sulfone groups is 1. The van der Waals surface area contributed by atoms with Crippen LogP contribution < -0.4 is 5.73 Å². The van der Waals surface area contributed by atoms with Crippen molar-refractivity contribution in [3.63, 3.8) is 0 Å². The van der Waals surface area contributed by atoms with Crippen molar-refractivity contribution in [2.75, 3.05) is 13.2 Å². The van der Waals surface area contributed by atoms with Crippen LogP contribution in [-0.4, -0.2) is 27.5 Å². The fourth-order valence-electron chi connectivity index (χ4n) is 3.06. The molecular formula is C23H22ClNO4S. The molecule has 0 aliphatic carbocycles. The van der Waals surface area contributed by atoms with Crippen LogP contribution in [0.2, 0.25) is 5.02 Å². The van der Waals surface area contributed by atoms with Gasteiger partial charge in [-0.15, -0.1) is 0 Å². The van der Waals surface area contributed by atoms with Gasteiger partial charge in [0.15, 0.2) is 0 Å². The molecule has 0 aromatic heterocycles. The first-order chi connectivity index (χ1) is 14.4. The number of ether oxygens (including phenoxy) is 1. The van der Waals surface area contributed by atoms with Crippen LogP contribution in [0.4, 0.5) is 0 Å². The normalized spacial score (nSPS) is 11.3. The van der Waals surface area contributed by atoms with E-state index < -0.39 is 15.8 Å². The molecule has 0 saturated heterocycles. The van der Waals surface area contributed by atoms with Gasteiger partial charge in [0.25, 0.3) is 0 Å². The average Bonchev–Trinajstić information content (AvgIpc) is 2.74. The summed E-state index contributed by atoms with van der Waals surface area (Å²) in [4.78, 5) is 12.3. The first-order valence-electron chi connectivity index (χ1n) is 9.48. The van der Waals surface area contributed by atoms with Crippen LogP contribution >= 0.6 is 11.6 Å². The SMILES string of the molecule is CCOC(=O)c1cccc(-c2ccc(S(=O)(=O)c3ccc(CCN)cc3)cc2Cl)c1. The standard InChI is InChI=1S/C23H22ClNO4S/c1-2-29-23(26)18-5-3-4-17(14-18)21-11-10-20(15-22(21)24)30(27,28)19-8-6-16(7-9-19)12-13-25/h3-11,14-15H,2,12-13,25H2,1H3. The average molecular weight is 444 g/mol. The van der Waals surface area contributed by atoms with Gasteiger partial charge in [-0.25, -0.2) is 13.2 Å². The molecule has 0 amide bonds. The number of benzene rings is 3. The minimum absolute atomic E-state index is 0.101. The van der Waals surface area contributed by atoms with E-state index in [9.17, 15) is 13.2 Å². The Morgan fingerprint density at radius 2 is 1.70 bits per heavy atom. The van der Waals surface area contributed by atoms with Gasteiger partial charge in [0.1, 0.15) is 0 Å². The molecule has 0 aliphatic heterocycles. The van der Waals surface area contributed by atoms with Crippen LogP contribution in [0, 0.1) is 0 Å². The van der Waals surface area contributed by atoms with Crippen molar-refractivity contribution >= 4 is 27.4 Å². The Labute approximate surface area is 181 Å². The van der Waals surface area contributed by atoms with Crippen molar-refractivity contribution in [2.45, 2.75) is 23.1 Å². The van der Waals surface area contributed by atoms with Gasteiger partial charge in [-0.3, -0.25) is 0 Å². The van der Waals surface area contributed by atoms with E-state index in [0.717, 1.165) is 5.56 Å². The number of nitrogens with two attached hydrogens (primary N) is 1. The van der Waals surface area contributed by atoms with E-state index in [1.807, 2.05) is 0 Å². The molecule has 0 fully saturated rings. The third kappa shape index (κ3) is 4.73. The lowest BCUT2D eigenvalue weighted by molar-refractivity contribution is 0.0526. The van der Waals surface area contributed by atoms with E-state index in [1.54, 1.807) is 61.5 Å². The maximum absolute atomic E-state index is 13.0. The molecule has 7 heteroatoms. The molecule has 0 heterocycles. The molecule has 0 aliphatic rings. The monoisotopic (exact) mass is 443 g/mol. The van der Waals surface area contributed by atoms with Crippen molar-refractivity contribution in [1.29, 1.82) is 0 Å². The lowest BCUT2D eigenvalue weighted by Crippen LogP contribution is -2.05. The fraction of sp³-hybridized carbons (Fsp3) is 0.174. The second-order valence-corrected chi connectivity index (χ2v) is 8.99. The third-order valence-corrected chi connectivity index (χ3v) is 6.68. The number of esters is 1. The summed E-state index contributed by atoms with van der Waals surface area (Å²) in [5.41, 5.74) is 8.24. The van der Waals surface area contributed by atoms with E-state index >= 15 is 0 Å². The molecule has 0 saturated carbocycles. The van der Waals surface area contributed by atoms with Gasteiger partial charge < -0.3 is 10.5 Å². The van der Waals surface area contributed by atoms with E-state index in [0.29, 0.717) is 29.7 Å². The fourth-order valence-corrected chi connectivity index (χ4v) is 4.70. The summed E-state index contributed by atoms with van der Waals surface area (Å²) in [6.45, 7) is 2.52. The minimum atomic E-state index is -3.71. The van der Waals surface area contributed by atoms with Gasteiger partial charge in [0, 0.05) is 10.6 Å². The number of hydrogen-bond acceptors (Lipinski definition) is 5. The highest BCUT2D eigenvalue weighted by molar-refractivity contribution is 7.91. The second kappa shape index (κ2) is 9.43. The van der Waals surface area contributed by atoms with Crippen molar-refractivity contribution < 1.29 is 17.9 Å². The summed E-state index contributed by atoms with van der Waals surface area (Å²) < 4.78 is 31.0. The van der Waals surface area contributed by atoms with E-state index in [4.69, 9.17) is 22.1 Å². The predicted molar refractivity (Wildman–Crippen MR) is 117 cm³/mol. The number of halogens is 1. The maximum Gasteiger partial charge on any atom is 0.338 e. The van der Waals surface area contributed by atoms with E-state index in [1.165, 1.54) is 12.1 Å². The van der Waals surface area contributed by atoms with Gasteiger partial charge in [0.05, 0.1) is 22.0 Å². The first-order valence-corrected chi connectivity index (χ1v) is 11.3. The quantitative estimate of drug-likeness (QED) is 0.542. The Hall–Kier alpha value is -2.67. The Kier molecular flexibility index (Phi) is 6.92. The van der Waals surface area contributed by atoms with Crippen molar-refractivity contribution in [1.82, 2.24) is 0 Å². The van der Waals surface area contributed by atoms with Crippen LogP contribution in [0.3, 0.4) is 0 Å². The van der Waals surface area contributed by atoms with Gasteiger partial charge >= 0.3 is 5.97 Å². The molecule has 0 radical (unpaired) electrons. The highest BCUT2D eigenvalue weighted by Crippen LogP contribution is 2.32. The van der Waals surface area contributed by atoms with Crippen LogP contribution in [0.1, 0.15) is 22.8 Å². The van der Waals surface area contributed by atoms with Gasteiger partial charge in [-0.1, -0.05) is 41.9 Å². The Bertz CT molecular complexity index is 1160. The summed E-state index contributed by atoms with van der Waals surface area (Å²) in [7, 11) is -3.71. The summed E-state index contributed by atoms with van der Waals surface area (Å²) in [5.74, 6) is -0.423. The maximum atomic E-state index is 13.0. The number of carbonyl (C=O) groups is 1. The van der Waals surface area contributed by atoms with Crippen molar-refractivity contribution in [2.24, 2.45) is 5.73 Å². The molecule has 3 aromatic rings. The van der Waals surface area contributed by atoms with E-state index in [-0.39, 0.29) is 21.4 Å². The Morgan fingerprint density at radius 3 is 2.33 bits per heavy atom. The van der Waals surface area contributed by atoms with Crippen LogP contribution in [-0.2, 0) is 21.0 Å². The number of rotatable bonds is 7. The molecule has 0 spiro atoms. The van der Waals surface area contributed by atoms with Crippen molar-refractivity contribution in [3.05, 3.63) is 82.9 Å². The molecule has 2 N–H and O–H groups in total. The highest BCUT2D eigenvalue weighted by atomic mass is 35.5. The Balaban J connectivity index is 1.93. The first kappa shape index (κ1) is 22.0. The smallest absolute Gasteiger partial charge is 0.338 e. The molecule has 3 aromatic carbocycles. The van der Waals surface area contributed by atoms with Crippen LogP contribution in [0.5, 0.6) is 0 Å². The lowest BCUT2D eigenvalue weighted by atomic mass is 10.0. The molecule has 30 heavy (non-hydrogen) atoms. The predicted octanol–water partition coefficient (Wildman–Crippen LogP) is 4.52. The summed E-state index contributed by atoms with van der Waals surface area (Å²) in [6, 6.07) is 18.1. The summed E-state index contributed by atoms with van der Waals surface area (Å²) in [6.07, 6.45) is 0.686. The van der Waals surface area contributed by atoms with Crippen LogP contribution in [0.15, 0.2) is 76.5 Å². The largest absolute Gasteiger partial charge is 0.462 e. The summed E-state index contributed by atoms with van der Waals surface area (Å²) >= 11 is 6.42. The molecule has 0 bridgehead atoms. The Morgan fingerprint density at radius 1 is 1.00 bits per heavy atom. The van der Waals surface area contributed by atoms with Gasteiger partial charge in [-0.2, -0.15) is 0 Å². The topological polar surface area (TPSA) is 86.5 Å². The summed E-state index contributed by atoms with van der Waals surface area (Å²) in [5, 5.41) is 0.275. The van der Waals surface area contributed by atoms with Gasteiger partial charge in [-0.05, 0) is 67.4 Å². The molecule has 156 valence electrons. The zero-order chi connectivity index (χ0) is 21.7. The second-order valence-electron chi connectivity index (χ2n) is 6.63. The number of carbonyl (C=O) groups excluding carboxylic acids is 1. The molecule has 0 atom stereocenters. The zero-order valence-electron chi connectivity index (χ0n) is 16.5.